The van der Waals surface area contributed by atoms with Gasteiger partial charge in [0.2, 0.25) is 0 Å². The second kappa shape index (κ2) is 4.25. The van der Waals surface area contributed by atoms with Gasteiger partial charge in [0.25, 0.3) is 0 Å². The van der Waals surface area contributed by atoms with E-state index in [2.05, 4.69) is 74.8 Å². The van der Waals surface area contributed by atoms with Gasteiger partial charge in [0.15, 0.2) is 0 Å². The van der Waals surface area contributed by atoms with Crippen LogP contribution in [0.3, 0.4) is 0 Å². The summed E-state index contributed by atoms with van der Waals surface area (Å²) >= 11 is 5.86. The van der Waals surface area contributed by atoms with Gasteiger partial charge in [-0.15, -0.1) is 0 Å². The molecule has 1 heterocycles. The molecule has 0 unspecified atom stereocenters. The van der Waals surface area contributed by atoms with Crippen LogP contribution in [0.5, 0.6) is 0 Å². The van der Waals surface area contributed by atoms with E-state index in [-0.39, 0.29) is 0 Å². The van der Waals surface area contributed by atoms with Crippen molar-refractivity contribution in [3.63, 3.8) is 0 Å². The summed E-state index contributed by atoms with van der Waals surface area (Å²) in [5.41, 5.74) is 3.32. The van der Waals surface area contributed by atoms with Crippen LogP contribution >= 0.6 is 38.5 Å². The highest BCUT2D eigenvalue weighted by Gasteiger charge is 2.08. The summed E-state index contributed by atoms with van der Waals surface area (Å²) < 4.78 is 4.19. The van der Waals surface area contributed by atoms with Crippen LogP contribution < -0.4 is 0 Å². The normalized spacial score (nSPS) is 10.7. The summed E-state index contributed by atoms with van der Waals surface area (Å²) in [5.74, 6) is 0. The number of aryl methyl sites for hydroxylation is 2. The van der Waals surface area contributed by atoms with Gasteiger partial charge in [-0.2, -0.15) is 5.10 Å². The van der Waals surface area contributed by atoms with Crippen LogP contribution in [0.25, 0.3) is 11.3 Å². The van der Waals surface area contributed by atoms with E-state index in [9.17, 15) is 0 Å². The number of rotatable bonds is 1. The van der Waals surface area contributed by atoms with Crippen molar-refractivity contribution in [2.75, 3.05) is 0 Å². The Morgan fingerprint density at radius 1 is 1.33 bits per heavy atom. The Bertz CT molecular complexity index is 486. The van der Waals surface area contributed by atoms with Gasteiger partial charge in [-0.05, 0) is 53.8 Å². The molecule has 0 aliphatic heterocycles. The van der Waals surface area contributed by atoms with Gasteiger partial charge in [-0.25, -0.2) is 0 Å². The second-order valence-corrected chi connectivity index (χ2v) is 5.52. The van der Waals surface area contributed by atoms with E-state index in [4.69, 9.17) is 0 Å². The molecular weight excluding hydrogens is 367 g/mol. The maximum Gasteiger partial charge on any atom is 0.0937 e. The summed E-state index contributed by atoms with van der Waals surface area (Å²) in [7, 11) is 1.96. The summed E-state index contributed by atoms with van der Waals surface area (Å²) in [6.45, 7) is 2.05. The monoisotopic (exact) mass is 376 g/mol. The van der Waals surface area contributed by atoms with Gasteiger partial charge < -0.3 is 0 Å². The number of hydrogen-bond donors (Lipinski definition) is 0. The molecule has 0 aliphatic carbocycles. The first-order valence-corrected chi connectivity index (χ1v) is 6.41. The molecule has 0 saturated heterocycles. The third-order valence-corrected chi connectivity index (χ3v) is 3.68. The Hall–Kier alpha value is -0.360. The average Bonchev–Trinajstić information content (AvgIpc) is 2.51. The van der Waals surface area contributed by atoms with Crippen molar-refractivity contribution in [1.29, 1.82) is 0 Å². The Balaban J connectivity index is 2.58. The summed E-state index contributed by atoms with van der Waals surface area (Å²) in [6.07, 6.45) is 0. The van der Waals surface area contributed by atoms with Gasteiger partial charge in [0, 0.05) is 26.3 Å². The van der Waals surface area contributed by atoms with Crippen molar-refractivity contribution in [3.8, 4) is 11.3 Å². The smallest absolute Gasteiger partial charge is 0.0937 e. The van der Waals surface area contributed by atoms with Gasteiger partial charge >= 0.3 is 0 Å². The molecule has 0 fully saturated rings. The molecule has 2 rings (SSSR count). The average molecular weight is 377 g/mol. The first kappa shape index (κ1) is 11.1. The van der Waals surface area contributed by atoms with Crippen molar-refractivity contribution < 1.29 is 0 Å². The van der Waals surface area contributed by atoms with Crippen LogP contribution in [-0.4, -0.2) is 9.78 Å². The second-order valence-electron chi connectivity index (χ2n) is 3.42. The van der Waals surface area contributed by atoms with Crippen molar-refractivity contribution in [2.24, 2.45) is 7.05 Å². The van der Waals surface area contributed by atoms with Crippen LogP contribution in [0.15, 0.2) is 28.7 Å². The van der Waals surface area contributed by atoms with E-state index >= 15 is 0 Å². The highest BCUT2D eigenvalue weighted by atomic mass is 127. The minimum atomic E-state index is 1.01. The fraction of sp³-hybridized carbons (Fsp3) is 0.182. The highest BCUT2D eigenvalue weighted by Crippen LogP contribution is 2.29. The maximum absolute atomic E-state index is 4.47. The molecule has 0 spiro atoms. The minimum absolute atomic E-state index is 1.01. The van der Waals surface area contributed by atoms with Gasteiger partial charge in [-0.3, -0.25) is 4.68 Å². The number of nitrogens with zero attached hydrogens (tertiary/aromatic N) is 2. The largest absolute Gasteiger partial charge is 0.272 e. The fourth-order valence-corrected chi connectivity index (χ4v) is 2.33. The Morgan fingerprint density at radius 3 is 2.67 bits per heavy atom. The van der Waals surface area contributed by atoms with E-state index in [0.717, 1.165) is 21.4 Å². The van der Waals surface area contributed by atoms with Crippen molar-refractivity contribution in [3.05, 3.63) is 38.0 Å². The molecule has 1 aromatic carbocycles. The van der Waals surface area contributed by atoms with Crippen LogP contribution in [0, 0.1) is 10.5 Å². The molecule has 0 bridgehead atoms. The third kappa shape index (κ3) is 2.25. The molecule has 2 aromatic rings. The lowest BCUT2D eigenvalue weighted by atomic mass is 10.1. The van der Waals surface area contributed by atoms with Crippen LogP contribution in [0.1, 0.15) is 5.69 Å². The summed E-state index contributed by atoms with van der Waals surface area (Å²) in [5, 5.41) is 4.47. The lowest BCUT2D eigenvalue weighted by Crippen LogP contribution is -1.92. The first-order valence-electron chi connectivity index (χ1n) is 4.54. The predicted octanol–water partition coefficient (Wildman–Crippen LogP) is 3.76. The molecule has 0 radical (unpaired) electrons. The third-order valence-electron chi connectivity index (χ3n) is 2.32. The predicted molar refractivity (Wildman–Crippen MR) is 73.8 cm³/mol. The molecule has 2 nitrogen and oxygen atoms in total. The van der Waals surface area contributed by atoms with E-state index in [1.54, 1.807) is 0 Å². The van der Waals surface area contributed by atoms with Gasteiger partial charge in [0.1, 0.15) is 0 Å². The van der Waals surface area contributed by atoms with Crippen LogP contribution in [-0.2, 0) is 7.05 Å². The van der Waals surface area contributed by atoms with Gasteiger partial charge in [0.05, 0.1) is 5.69 Å². The zero-order valence-electron chi connectivity index (χ0n) is 8.46. The Morgan fingerprint density at radius 2 is 2.07 bits per heavy atom. The number of aromatic nitrogens is 2. The van der Waals surface area contributed by atoms with Crippen LogP contribution in [0.2, 0.25) is 0 Å². The van der Waals surface area contributed by atoms with Crippen molar-refractivity contribution in [2.45, 2.75) is 6.92 Å². The number of benzene rings is 1. The molecule has 0 saturated carbocycles. The molecule has 1 aromatic heterocycles. The zero-order valence-corrected chi connectivity index (χ0v) is 12.2. The number of halogens is 2. The summed E-state index contributed by atoms with van der Waals surface area (Å²) in [6, 6.07) is 8.35. The Kier molecular flexibility index (Phi) is 3.16. The standard InChI is InChI=1S/C11H10BrIN2/c1-7-5-11(14-15(7)2)9-6-8(13)3-4-10(9)12/h3-6H,1-2H3. The summed E-state index contributed by atoms with van der Waals surface area (Å²) in [4.78, 5) is 0. The SMILES string of the molecule is Cc1cc(-c2cc(I)ccc2Br)nn1C. The first-order chi connectivity index (χ1) is 7.08. The highest BCUT2D eigenvalue weighted by molar-refractivity contribution is 14.1. The van der Waals surface area contributed by atoms with Crippen molar-refractivity contribution in [1.82, 2.24) is 9.78 Å². The Labute approximate surface area is 111 Å². The van der Waals surface area contributed by atoms with E-state index in [1.165, 1.54) is 3.57 Å². The lowest BCUT2D eigenvalue weighted by molar-refractivity contribution is 0.742. The topological polar surface area (TPSA) is 17.8 Å². The molecule has 0 atom stereocenters. The number of hydrogen-bond acceptors (Lipinski definition) is 1. The molecule has 78 valence electrons. The molecular formula is C11H10BrIN2. The molecule has 0 amide bonds. The quantitative estimate of drug-likeness (QED) is 0.693. The molecule has 0 aliphatic rings. The van der Waals surface area contributed by atoms with E-state index in [1.807, 2.05) is 11.7 Å². The maximum atomic E-state index is 4.47. The van der Waals surface area contributed by atoms with E-state index in [0.29, 0.717) is 0 Å². The van der Waals surface area contributed by atoms with Gasteiger partial charge in [-0.1, -0.05) is 15.9 Å². The zero-order chi connectivity index (χ0) is 11.0. The lowest BCUT2D eigenvalue weighted by Gasteiger charge is -2.01. The van der Waals surface area contributed by atoms with E-state index < -0.39 is 0 Å². The van der Waals surface area contributed by atoms with Crippen molar-refractivity contribution >= 4 is 38.5 Å². The van der Waals surface area contributed by atoms with Crippen LogP contribution in [0.4, 0.5) is 0 Å². The molecule has 0 N–H and O–H groups in total. The fourth-order valence-electron chi connectivity index (χ4n) is 1.39. The molecule has 4 heteroatoms. The minimum Gasteiger partial charge on any atom is -0.272 e. The molecule has 15 heavy (non-hydrogen) atoms.